The fraction of sp³-hybridized carbons (Fsp3) is 0.857. The Labute approximate surface area is 255 Å². The van der Waals surface area contributed by atoms with Gasteiger partial charge in [0.15, 0.2) is 22.3 Å². The van der Waals surface area contributed by atoms with E-state index in [9.17, 15) is 49.7 Å². The van der Waals surface area contributed by atoms with Gasteiger partial charge >= 0.3 is 35.1 Å². The molecule has 0 radical (unpaired) electrons. The summed E-state index contributed by atoms with van der Waals surface area (Å²) in [6.45, 7) is 0.637. The summed E-state index contributed by atoms with van der Waals surface area (Å²) < 4.78 is 112. The van der Waals surface area contributed by atoms with E-state index < -0.39 is 113 Å². The van der Waals surface area contributed by atoms with E-state index in [-0.39, 0.29) is 11.8 Å². The normalized spacial score (nSPS) is 39.6. The second-order valence-corrected chi connectivity index (χ2v) is 14.6. The first-order valence-corrected chi connectivity index (χ1v) is 16.5. The Morgan fingerprint density at radius 2 is 1.56 bits per heavy atom. The van der Waals surface area contributed by atoms with Crippen LogP contribution in [0.15, 0.2) is 0 Å². The van der Waals surface area contributed by atoms with Crippen LogP contribution in [0.5, 0.6) is 0 Å². The van der Waals surface area contributed by atoms with Crippen LogP contribution in [0.2, 0.25) is 0 Å². The van der Waals surface area contributed by atoms with E-state index in [1.54, 1.807) is 0 Å². The summed E-state index contributed by atoms with van der Waals surface area (Å²) in [4.78, 5) is 51.1. The maximum atomic E-state index is 13.8. The molecule has 0 amide bonds. The minimum Gasteiger partial charge on any atom is -0.743 e. The third kappa shape index (κ3) is 5.20. The molecule has 45 heavy (non-hydrogen) atoms. The molecule has 7 aliphatic rings. The Balaban J connectivity index is 1.04. The molecule has 6 atom stereocenters. The topological polar surface area (TPSA) is 172 Å². The molecule has 6 unspecified atom stereocenters. The van der Waals surface area contributed by atoms with Crippen molar-refractivity contribution in [1.29, 1.82) is 0 Å². The summed E-state index contributed by atoms with van der Waals surface area (Å²) >= 11 is 0. The molecule has 6 bridgehead atoms. The van der Waals surface area contributed by atoms with Gasteiger partial charge in [0.05, 0.1) is 25.9 Å². The van der Waals surface area contributed by atoms with Gasteiger partial charge in [0.2, 0.25) is 0 Å². The number of esters is 4. The highest BCUT2D eigenvalue weighted by Gasteiger charge is 2.73. The van der Waals surface area contributed by atoms with Crippen LogP contribution >= 0.6 is 0 Å². The molecule has 0 aromatic heterocycles. The van der Waals surface area contributed by atoms with Gasteiger partial charge in [-0.25, -0.2) is 8.42 Å². The third-order valence-corrected chi connectivity index (χ3v) is 11.7. The summed E-state index contributed by atoms with van der Waals surface area (Å²) in [6.07, 6.45) is -1.55. The van der Waals surface area contributed by atoms with Crippen LogP contribution in [0, 0.1) is 35.5 Å². The average Bonchev–Trinajstić information content (AvgIpc) is 3.57. The minimum absolute atomic E-state index is 0.237. The van der Waals surface area contributed by atoms with Gasteiger partial charge in [0.1, 0.15) is 29.6 Å². The lowest BCUT2D eigenvalue weighted by Gasteiger charge is -2.60. The van der Waals surface area contributed by atoms with Crippen LogP contribution in [0.3, 0.4) is 0 Å². The predicted octanol–water partition coefficient (Wildman–Crippen LogP) is 2.47. The second-order valence-electron chi connectivity index (χ2n) is 13.2. The number of halogens is 4. The third-order valence-electron chi connectivity index (χ3n) is 10.8. The summed E-state index contributed by atoms with van der Waals surface area (Å²) in [6, 6.07) is 0. The van der Waals surface area contributed by atoms with Gasteiger partial charge in [0, 0.05) is 0 Å². The van der Waals surface area contributed by atoms with Crippen molar-refractivity contribution in [1.82, 2.24) is 0 Å². The van der Waals surface area contributed by atoms with Crippen LogP contribution < -0.4 is 0 Å². The Morgan fingerprint density at radius 3 is 2.13 bits per heavy atom. The lowest BCUT2D eigenvalue weighted by molar-refractivity contribution is -0.217. The molecule has 0 aromatic rings. The molecule has 4 saturated carbocycles. The molecule has 7 rings (SSSR count). The van der Waals surface area contributed by atoms with E-state index in [0.717, 1.165) is 25.7 Å². The highest BCUT2D eigenvalue weighted by Crippen LogP contribution is 2.61. The Morgan fingerprint density at radius 1 is 0.956 bits per heavy atom. The number of alkyl halides is 4. The summed E-state index contributed by atoms with van der Waals surface area (Å²) in [5, 5.41) is -5.92. The van der Waals surface area contributed by atoms with Crippen LogP contribution in [0.1, 0.15) is 64.7 Å². The van der Waals surface area contributed by atoms with E-state index >= 15 is 0 Å². The van der Waals surface area contributed by atoms with Crippen molar-refractivity contribution in [3.05, 3.63) is 0 Å². The van der Waals surface area contributed by atoms with Crippen molar-refractivity contribution in [3.8, 4) is 0 Å². The van der Waals surface area contributed by atoms with Crippen molar-refractivity contribution in [2.75, 3.05) is 6.61 Å². The van der Waals surface area contributed by atoms with Crippen molar-refractivity contribution < 1.29 is 73.4 Å². The van der Waals surface area contributed by atoms with Gasteiger partial charge in [-0.2, -0.15) is 17.6 Å². The summed E-state index contributed by atoms with van der Waals surface area (Å²) in [5.41, 5.74) is -0.635. The molecular weight excluding hydrogens is 636 g/mol. The van der Waals surface area contributed by atoms with Crippen molar-refractivity contribution in [3.63, 3.8) is 0 Å². The van der Waals surface area contributed by atoms with Crippen LogP contribution in [-0.2, 0) is 53.0 Å². The van der Waals surface area contributed by atoms with Crippen molar-refractivity contribution in [2.45, 2.75) is 106 Å². The Hall–Kier alpha value is -2.53. The number of ether oxygens (including phenoxy) is 5. The molecule has 0 N–H and O–H groups in total. The maximum Gasteiger partial charge on any atom is 0.396 e. The first-order chi connectivity index (χ1) is 21.0. The molecule has 3 aliphatic heterocycles. The zero-order valence-electron chi connectivity index (χ0n) is 24.2. The van der Waals surface area contributed by atoms with Crippen molar-refractivity contribution in [2.24, 2.45) is 35.5 Å². The Bertz CT molecular complexity index is 1340. The molecule has 0 aromatic carbocycles. The zero-order valence-corrected chi connectivity index (χ0v) is 25.0. The van der Waals surface area contributed by atoms with E-state index in [1.165, 1.54) is 6.42 Å². The van der Waals surface area contributed by atoms with Gasteiger partial charge in [-0.15, -0.1) is 0 Å². The quantitative estimate of drug-likeness (QED) is 0.129. The van der Waals surface area contributed by atoms with Gasteiger partial charge in [0.25, 0.3) is 0 Å². The molecule has 0 spiro atoms. The SMILES string of the molecule is CCC1(OC(=O)C2C3OC4C(OC(=O)C42)C3OC(=O)CCC(=O)OCCC(F)(F)C(F)(F)S(=O)(=O)[O-])C2CC3CC(C2)CC1C3. The molecule has 3 saturated heterocycles. The van der Waals surface area contributed by atoms with Gasteiger partial charge in [-0.3, -0.25) is 19.2 Å². The Kier molecular flexibility index (Phi) is 7.94. The number of carbonyl (C=O) groups excluding carboxylic acids is 4. The number of fused-ring (bicyclic) bond motifs is 1. The number of hydrogen-bond acceptors (Lipinski definition) is 12. The standard InChI is InChI=1S/C28H34F4O12S/c1-2-26(14-8-12-7-13(10-14)11-15(26)9-12)44-25(36)19-18-20-23(43-24(18)35)22(21(19)42-20)41-17(34)4-3-16(33)40-6-5-27(29,30)28(31,32)45(37,38)39/h12-15,18-23H,2-11H2,1H3,(H,37,38,39)/p-1. The van der Waals surface area contributed by atoms with E-state index in [4.69, 9.17) is 18.9 Å². The van der Waals surface area contributed by atoms with Gasteiger partial charge in [-0.05, 0) is 62.2 Å². The highest BCUT2D eigenvalue weighted by atomic mass is 32.2. The predicted molar refractivity (Wildman–Crippen MR) is 136 cm³/mol. The molecular formula is C28H33F4O12S-. The minimum atomic E-state index is -6.69. The lowest BCUT2D eigenvalue weighted by atomic mass is 9.49. The zero-order chi connectivity index (χ0) is 32.7. The monoisotopic (exact) mass is 669 g/mol. The van der Waals surface area contributed by atoms with Crippen LogP contribution in [0.4, 0.5) is 17.6 Å². The summed E-state index contributed by atoms with van der Waals surface area (Å²) in [5.74, 6) is -9.08. The first-order valence-electron chi connectivity index (χ1n) is 15.1. The fourth-order valence-electron chi connectivity index (χ4n) is 8.90. The van der Waals surface area contributed by atoms with Crippen molar-refractivity contribution >= 4 is 34.0 Å². The number of hydrogen-bond donors (Lipinski definition) is 0. The molecule has 252 valence electrons. The fourth-order valence-corrected chi connectivity index (χ4v) is 9.37. The van der Waals surface area contributed by atoms with Crippen LogP contribution in [-0.4, -0.2) is 84.6 Å². The van der Waals surface area contributed by atoms with Gasteiger partial charge in [-0.1, -0.05) is 6.92 Å². The number of rotatable bonds is 12. The maximum absolute atomic E-state index is 13.8. The molecule has 3 heterocycles. The van der Waals surface area contributed by atoms with E-state index in [1.807, 2.05) is 6.92 Å². The average molecular weight is 670 g/mol. The smallest absolute Gasteiger partial charge is 0.396 e. The summed E-state index contributed by atoms with van der Waals surface area (Å²) in [7, 11) is -6.69. The largest absolute Gasteiger partial charge is 0.743 e. The number of carbonyl (C=O) groups is 4. The highest BCUT2D eigenvalue weighted by molar-refractivity contribution is 7.86. The van der Waals surface area contributed by atoms with Gasteiger partial charge < -0.3 is 28.2 Å². The molecule has 7 fully saturated rings. The molecule has 4 aliphatic carbocycles. The van der Waals surface area contributed by atoms with E-state index in [0.29, 0.717) is 18.3 Å². The van der Waals surface area contributed by atoms with Crippen LogP contribution in [0.25, 0.3) is 0 Å². The lowest BCUT2D eigenvalue weighted by Crippen LogP contribution is -2.60. The molecule has 17 heteroatoms. The first kappa shape index (κ1) is 32.4. The van der Waals surface area contributed by atoms with E-state index in [2.05, 4.69) is 4.74 Å². The second kappa shape index (κ2) is 11.0. The molecule has 12 nitrogen and oxygen atoms in total.